The molecule has 0 fully saturated rings. The zero-order valence-corrected chi connectivity index (χ0v) is 11.6. The molecule has 1 aromatic heterocycles. The molecule has 0 radical (unpaired) electrons. The van der Waals surface area contributed by atoms with E-state index in [-0.39, 0.29) is 12.4 Å². The summed E-state index contributed by atoms with van der Waals surface area (Å²) < 4.78 is 6.53. The SMILES string of the molecule is CCc1nn(CC(C)O)c(CC)c1CC(=O)OC. The van der Waals surface area contributed by atoms with Crippen LogP contribution in [0, 0.1) is 0 Å². The smallest absolute Gasteiger partial charge is 0.310 e. The number of hydrogen-bond donors (Lipinski definition) is 1. The van der Waals surface area contributed by atoms with Crippen molar-refractivity contribution < 1.29 is 14.6 Å². The number of aliphatic hydroxyl groups is 1. The van der Waals surface area contributed by atoms with E-state index in [1.165, 1.54) is 7.11 Å². The van der Waals surface area contributed by atoms with E-state index in [4.69, 9.17) is 4.74 Å². The Bertz CT molecular complexity index is 411. The number of nitrogens with zero attached hydrogens (tertiary/aromatic N) is 2. The molecule has 0 aromatic carbocycles. The highest BCUT2D eigenvalue weighted by Crippen LogP contribution is 2.18. The molecule has 5 heteroatoms. The molecule has 5 nitrogen and oxygen atoms in total. The fraction of sp³-hybridized carbons (Fsp3) is 0.692. The van der Waals surface area contributed by atoms with Crippen LogP contribution >= 0.6 is 0 Å². The number of aliphatic hydroxyl groups excluding tert-OH is 1. The first-order chi connectivity index (χ1) is 8.53. The van der Waals surface area contributed by atoms with Gasteiger partial charge in [0.25, 0.3) is 0 Å². The van der Waals surface area contributed by atoms with Crippen molar-refractivity contribution in [2.75, 3.05) is 7.11 Å². The van der Waals surface area contributed by atoms with Gasteiger partial charge in [-0.05, 0) is 19.8 Å². The molecule has 0 spiro atoms. The van der Waals surface area contributed by atoms with Crippen LogP contribution in [0.3, 0.4) is 0 Å². The second-order valence-electron chi connectivity index (χ2n) is 4.36. The first-order valence-corrected chi connectivity index (χ1v) is 6.35. The summed E-state index contributed by atoms with van der Waals surface area (Å²) in [5.41, 5.74) is 2.88. The van der Waals surface area contributed by atoms with Crippen LogP contribution in [0.2, 0.25) is 0 Å². The lowest BCUT2D eigenvalue weighted by Crippen LogP contribution is -2.16. The predicted octanol–water partition coefficient (Wildman–Crippen LogP) is 1.10. The van der Waals surface area contributed by atoms with Crippen LogP contribution in [0.1, 0.15) is 37.7 Å². The van der Waals surface area contributed by atoms with E-state index in [1.807, 2.05) is 18.5 Å². The Labute approximate surface area is 108 Å². The minimum Gasteiger partial charge on any atom is -0.469 e. The van der Waals surface area contributed by atoms with Gasteiger partial charge in [-0.1, -0.05) is 13.8 Å². The molecule has 0 aliphatic heterocycles. The number of carbonyl (C=O) groups is 1. The summed E-state index contributed by atoms with van der Waals surface area (Å²) >= 11 is 0. The summed E-state index contributed by atoms with van der Waals surface area (Å²) in [6.07, 6.45) is 1.35. The Morgan fingerprint density at radius 3 is 2.56 bits per heavy atom. The lowest BCUT2D eigenvalue weighted by molar-refractivity contribution is -0.139. The van der Waals surface area contributed by atoms with Crippen molar-refractivity contribution in [1.82, 2.24) is 9.78 Å². The Morgan fingerprint density at radius 2 is 2.11 bits per heavy atom. The number of rotatable bonds is 6. The van der Waals surface area contributed by atoms with E-state index in [0.717, 1.165) is 29.8 Å². The zero-order chi connectivity index (χ0) is 13.7. The Hall–Kier alpha value is -1.36. The molecule has 102 valence electrons. The van der Waals surface area contributed by atoms with Crippen LogP contribution in [-0.4, -0.2) is 34.1 Å². The summed E-state index contributed by atoms with van der Waals surface area (Å²) in [7, 11) is 1.39. The summed E-state index contributed by atoms with van der Waals surface area (Å²) in [6, 6.07) is 0. The molecule has 18 heavy (non-hydrogen) atoms. The number of hydrogen-bond acceptors (Lipinski definition) is 4. The molecule has 1 unspecified atom stereocenters. The molecule has 1 heterocycles. The van der Waals surface area contributed by atoms with Gasteiger partial charge in [0.15, 0.2) is 0 Å². The van der Waals surface area contributed by atoms with Crippen molar-refractivity contribution in [3.63, 3.8) is 0 Å². The molecule has 1 aromatic rings. The Kier molecular flexibility index (Phi) is 5.34. The van der Waals surface area contributed by atoms with Crippen LogP contribution in [0.4, 0.5) is 0 Å². The molecular weight excluding hydrogens is 232 g/mol. The highest BCUT2D eigenvalue weighted by Gasteiger charge is 2.19. The van der Waals surface area contributed by atoms with Gasteiger partial charge in [-0.2, -0.15) is 5.10 Å². The third kappa shape index (κ3) is 3.32. The zero-order valence-electron chi connectivity index (χ0n) is 11.6. The quantitative estimate of drug-likeness (QED) is 0.772. The van der Waals surface area contributed by atoms with Gasteiger partial charge in [-0.15, -0.1) is 0 Å². The minimum absolute atomic E-state index is 0.253. The number of methoxy groups -OCH3 is 1. The van der Waals surface area contributed by atoms with Crippen molar-refractivity contribution in [2.45, 2.75) is 52.7 Å². The van der Waals surface area contributed by atoms with E-state index in [1.54, 1.807) is 6.92 Å². The average molecular weight is 254 g/mol. The lowest BCUT2D eigenvalue weighted by atomic mass is 10.1. The van der Waals surface area contributed by atoms with Gasteiger partial charge in [0.05, 0.1) is 31.9 Å². The van der Waals surface area contributed by atoms with Crippen molar-refractivity contribution in [3.05, 3.63) is 17.0 Å². The number of aromatic nitrogens is 2. The maximum absolute atomic E-state index is 11.4. The molecule has 0 aliphatic rings. The normalized spacial score (nSPS) is 12.5. The van der Waals surface area contributed by atoms with Crippen molar-refractivity contribution in [1.29, 1.82) is 0 Å². The largest absolute Gasteiger partial charge is 0.469 e. The van der Waals surface area contributed by atoms with E-state index in [9.17, 15) is 9.90 Å². The molecule has 0 amide bonds. The molecule has 1 atom stereocenters. The van der Waals surface area contributed by atoms with Crippen molar-refractivity contribution in [3.8, 4) is 0 Å². The van der Waals surface area contributed by atoms with Gasteiger partial charge in [0.2, 0.25) is 0 Å². The van der Waals surface area contributed by atoms with E-state index < -0.39 is 6.10 Å². The van der Waals surface area contributed by atoms with Gasteiger partial charge >= 0.3 is 5.97 Å². The fourth-order valence-corrected chi connectivity index (χ4v) is 2.09. The molecule has 0 bridgehead atoms. The number of aryl methyl sites for hydroxylation is 1. The first-order valence-electron chi connectivity index (χ1n) is 6.35. The van der Waals surface area contributed by atoms with Gasteiger partial charge in [0, 0.05) is 11.3 Å². The maximum Gasteiger partial charge on any atom is 0.310 e. The second-order valence-corrected chi connectivity index (χ2v) is 4.36. The van der Waals surface area contributed by atoms with Crippen molar-refractivity contribution in [2.24, 2.45) is 0 Å². The molecule has 1 N–H and O–H groups in total. The van der Waals surface area contributed by atoms with E-state index in [2.05, 4.69) is 5.10 Å². The highest BCUT2D eigenvalue weighted by atomic mass is 16.5. The molecular formula is C13H22N2O3. The van der Waals surface area contributed by atoms with Crippen LogP contribution in [-0.2, 0) is 35.3 Å². The highest BCUT2D eigenvalue weighted by molar-refractivity contribution is 5.73. The summed E-state index contributed by atoms with van der Waals surface area (Å²) in [5, 5.41) is 14.0. The lowest BCUT2D eigenvalue weighted by Gasteiger charge is -2.09. The predicted molar refractivity (Wildman–Crippen MR) is 68.4 cm³/mol. The standard InChI is InChI=1S/C13H22N2O3/c1-5-11-10(7-13(17)18-4)12(6-2)15(14-11)8-9(3)16/h9,16H,5-8H2,1-4H3. The van der Waals surface area contributed by atoms with E-state index >= 15 is 0 Å². The fourth-order valence-electron chi connectivity index (χ4n) is 2.09. The summed E-state index contributed by atoms with van der Waals surface area (Å²) in [4.78, 5) is 11.4. The van der Waals surface area contributed by atoms with Gasteiger partial charge in [0.1, 0.15) is 0 Å². The molecule has 0 aliphatic carbocycles. The van der Waals surface area contributed by atoms with Crippen LogP contribution < -0.4 is 0 Å². The summed E-state index contributed by atoms with van der Waals surface area (Å²) in [5.74, 6) is -0.254. The monoisotopic (exact) mass is 254 g/mol. The van der Waals surface area contributed by atoms with Crippen molar-refractivity contribution >= 4 is 5.97 Å². The van der Waals surface area contributed by atoms with E-state index in [0.29, 0.717) is 6.54 Å². The van der Waals surface area contributed by atoms with Crippen LogP contribution in [0.5, 0.6) is 0 Å². The van der Waals surface area contributed by atoms with Gasteiger partial charge < -0.3 is 9.84 Å². The topological polar surface area (TPSA) is 64.3 Å². The molecule has 1 rings (SSSR count). The van der Waals surface area contributed by atoms with Crippen LogP contribution in [0.25, 0.3) is 0 Å². The van der Waals surface area contributed by atoms with Crippen LogP contribution in [0.15, 0.2) is 0 Å². The number of ether oxygens (including phenoxy) is 1. The third-order valence-electron chi connectivity index (χ3n) is 2.91. The second kappa shape index (κ2) is 6.54. The third-order valence-corrected chi connectivity index (χ3v) is 2.91. The number of esters is 1. The molecule has 0 saturated heterocycles. The molecule has 0 saturated carbocycles. The Morgan fingerprint density at radius 1 is 1.44 bits per heavy atom. The summed E-state index contributed by atoms with van der Waals surface area (Å²) in [6.45, 7) is 6.22. The maximum atomic E-state index is 11.4. The van der Waals surface area contributed by atoms with Gasteiger partial charge in [-0.3, -0.25) is 9.48 Å². The Balaban J connectivity index is 3.12. The minimum atomic E-state index is -0.453. The van der Waals surface area contributed by atoms with Gasteiger partial charge in [-0.25, -0.2) is 0 Å². The first kappa shape index (κ1) is 14.7. The number of carbonyl (C=O) groups excluding carboxylic acids is 1. The average Bonchev–Trinajstić information content (AvgIpc) is 2.65.